The van der Waals surface area contributed by atoms with Gasteiger partial charge in [0.15, 0.2) is 6.73 Å². The van der Waals surface area contributed by atoms with Crippen LogP contribution in [0.4, 0.5) is 5.69 Å². The smallest absolute Gasteiger partial charge is 0.327 e. The zero-order chi connectivity index (χ0) is 19.0. The normalized spacial score (nSPS) is 15.6. The second-order valence-electron chi connectivity index (χ2n) is 5.97. The Morgan fingerprint density at radius 2 is 1.56 bits per heavy atom. The first kappa shape index (κ1) is 17.3. The molecule has 0 fully saturated rings. The van der Waals surface area contributed by atoms with Gasteiger partial charge in [-0.05, 0) is 24.3 Å². The summed E-state index contributed by atoms with van der Waals surface area (Å²) in [7, 11) is 0. The maximum Gasteiger partial charge on any atom is 0.327 e. The molecule has 4 rings (SSSR count). The van der Waals surface area contributed by atoms with Gasteiger partial charge in [-0.1, -0.05) is 24.3 Å². The van der Waals surface area contributed by atoms with Crippen molar-refractivity contribution in [3.8, 4) is 0 Å². The number of nitrogens with zero attached hydrogens (tertiary/aromatic N) is 2. The molecule has 3 amide bonds. The zero-order valence-corrected chi connectivity index (χ0v) is 14.9. The van der Waals surface area contributed by atoms with Gasteiger partial charge in [0.05, 0.1) is 22.6 Å². The quantitative estimate of drug-likeness (QED) is 0.593. The first-order valence-corrected chi connectivity index (χ1v) is 9.18. The minimum absolute atomic E-state index is 0.198. The van der Waals surface area contributed by atoms with E-state index in [2.05, 4.69) is 0 Å². The molecule has 0 unspecified atom stereocenters. The van der Waals surface area contributed by atoms with Gasteiger partial charge in [-0.25, -0.2) is 4.90 Å². The number of anilines is 1. The van der Waals surface area contributed by atoms with E-state index in [1.165, 1.54) is 16.7 Å². The van der Waals surface area contributed by atoms with Gasteiger partial charge in [-0.3, -0.25) is 24.1 Å². The average molecular weight is 382 g/mol. The zero-order valence-electron chi connectivity index (χ0n) is 14.1. The minimum Gasteiger partial charge on any atom is -0.442 e. The van der Waals surface area contributed by atoms with Crippen molar-refractivity contribution >= 4 is 41.1 Å². The number of carbonyl (C=O) groups is 4. The molecule has 0 saturated heterocycles. The van der Waals surface area contributed by atoms with E-state index in [1.807, 2.05) is 12.1 Å². The monoisotopic (exact) mass is 382 g/mol. The summed E-state index contributed by atoms with van der Waals surface area (Å²) in [6, 6.07) is 13.7. The number of hydrogen-bond donors (Lipinski definition) is 0. The fourth-order valence-corrected chi connectivity index (χ4v) is 3.93. The lowest BCUT2D eigenvalue weighted by Crippen LogP contribution is -2.41. The third-order valence-electron chi connectivity index (χ3n) is 4.33. The largest absolute Gasteiger partial charge is 0.442 e. The summed E-state index contributed by atoms with van der Waals surface area (Å²) in [6.07, 6.45) is 0. The molecule has 0 saturated carbocycles. The van der Waals surface area contributed by atoms with Crippen LogP contribution >= 0.6 is 11.8 Å². The summed E-state index contributed by atoms with van der Waals surface area (Å²) in [5.41, 5.74) is 1.22. The van der Waals surface area contributed by atoms with Gasteiger partial charge >= 0.3 is 5.97 Å². The van der Waals surface area contributed by atoms with Crippen molar-refractivity contribution in [1.29, 1.82) is 0 Å². The lowest BCUT2D eigenvalue weighted by atomic mass is 10.1. The van der Waals surface area contributed by atoms with Crippen molar-refractivity contribution in [3.05, 3.63) is 59.7 Å². The van der Waals surface area contributed by atoms with E-state index in [0.717, 1.165) is 9.80 Å². The molecule has 0 atom stereocenters. The van der Waals surface area contributed by atoms with Crippen molar-refractivity contribution < 1.29 is 23.9 Å². The lowest BCUT2D eigenvalue weighted by molar-refractivity contribution is -0.145. The highest BCUT2D eigenvalue weighted by molar-refractivity contribution is 8.00. The number of hydrogen-bond acceptors (Lipinski definition) is 6. The number of esters is 1. The van der Waals surface area contributed by atoms with Crippen LogP contribution in [-0.4, -0.2) is 47.6 Å². The molecule has 136 valence electrons. The van der Waals surface area contributed by atoms with E-state index >= 15 is 0 Å². The highest BCUT2D eigenvalue weighted by Crippen LogP contribution is 2.34. The van der Waals surface area contributed by atoms with Gasteiger partial charge in [0.1, 0.15) is 6.54 Å². The number of thioether (sulfide) groups is 1. The molecule has 2 aliphatic heterocycles. The first-order valence-electron chi connectivity index (χ1n) is 8.19. The van der Waals surface area contributed by atoms with Gasteiger partial charge < -0.3 is 4.74 Å². The molecule has 2 heterocycles. The Hall–Kier alpha value is -3.13. The van der Waals surface area contributed by atoms with Crippen LogP contribution in [0.2, 0.25) is 0 Å². The predicted molar refractivity (Wildman–Crippen MR) is 97.4 cm³/mol. The van der Waals surface area contributed by atoms with Crippen LogP contribution in [-0.2, 0) is 14.3 Å². The van der Waals surface area contributed by atoms with E-state index in [9.17, 15) is 19.2 Å². The fraction of sp³-hybridized carbons (Fsp3) is 0.158. The Morgan fingerprint density at radius 1 is 0.926 bits per heavy atom. The highest BCUT2D eigenvalue weighted by Gasteiger charge is 2.36. The SMILES string of the molecule is O=C(CN1C(=O)CSc2ccccc21)OCN1C(=O)c2ccccc2C1=O. The summed E-state index contributed by atoms with van der Waals surface area (Å²) in [4.78, 5) is 52.1. The number of carbonyl (C=O) groups excluding carboxylic acids is 4. The van der Waals surface area contributed by atoms with Gasteiger partial charge in [0.2, 0.25) is 5.91 Å². The fourth-order valence-electron chi connectivity index (χ4n) is 2.99. The van der Waals surface area contributed by atoms with Crippen molar-refractivity contribution in [2.45, 2.75) is 4.90 Å². The first-order chi connectivity index (χ1) is 13.1. The van der Waals surface area contributed by atoms with Crippen LogP contribution in [0.15, 0.2) is 53.4 Å². The van der Waals surface area contributed by atoms with Crippen LogP contribution in [0.5, 0.6) is 0 Å². The Morgan fingerprint density at radius 3 is 2.26 bits per heavy atom. The number of ether oxygens (including phenoxy) is 1. The molecule has 2 aromatic rings. The summed E-state index contributed by atoms with van der Waals surface area (Å²) in [5.74, 6) is -1.65. The van der Waals surface area contributed by atoms with Crippen molar-refractivity contribution in [2.24, 2.45) is 0 Å². The average Bonchev–Trinajstić information content (AvgIpc) is 2.93. The molecule has 0 N–H and O–H groups in total. The number of rotatable bonds is 4. The summed E-state index contributed by atoms with van der Waals surface area (Å²) >= 11 is 1.41. The van der Waals surface area contributed by atoms with Crippen LogP contribution < -0.4 is 4.90 Å². The standard InChI is InChI=1S/C19H14N2O5S/c22-16-10-27-15-8-4-3-7-14(15)20(16)9-17(23)26-11-21-18(24)12-5-1-2-6-13(12)19(21)25/h1-8H,9-11H2. The molecular weight excluding hydrogens is 368 g/mol. The summed E-state index contributed by atoms with van der Waals surface area (Å²) in [6.45, 7) is -0.761. The van der Waals surface area contributed by atoms with E-state index in [0.29, 0.717) is 5.69 Å². The topological polar surface area (TPSA) is 84.0 Å². The maximum atomic E-state index is 12.3. The molecule has 2 aliphatic rings. The molecule has 0 spiro atoms. The second-order valence-corrected chi connectivity index (χ2v) is 6.98. The van der Waals surface area contributed by atoms with E-state index in [-0.39, 0.29) is 29.3 Å². The summed E-state index contributed by atoms with van der Waals surface area (Å²) in [5, 5.41) is 0. The molecular formula is C19H14N2O5S. The van der Waals surface area contributed by atoms with Crippen molar-refractivity contribution in [1.82, 2.24) is 4.90 Å². The number of fused-ring (bicyclic) bond motifs is 2. The van der Waals surface area contributed by atoms with Crippen LogP contribution in [0.1, 0.15) is 20.7 Å². The molecule has 27 heavy (non-hydrogen) atoms. The molecule has 7 nitrogen and oxygen atoms in total. The molecule has 0 aromatic heterocycles. The number of benzene rings is 2. The Balaban J connectivity index is 1.42. The molecule has 0 radical (unpaired) electrons. The lowest BCUT2D eigenvalue weighted by Gasteiger charge is -2.28. The van der Waals surface area contributed by atoms with Gasteiger partial charge in [-0.15, -0.1) is 11.8 Å². The van der Waals surface area contributed by atoms with Crippen LogP contribution in [0, 0.1) is 0 Å². The van der Waals surface area contributed by atoms with E-state index < -0.39 is 24.5 Å². The molecule has 2 aromatic carbocycles. The number of amides is 3. The third kappa shape index (κ3) is 3.08. The molecule has 0 aliphatic carbocycles. The van der Waals surface area contributed by atoms with Gasteiger partial charge in [-0.2, -0.15) is 0 Å². The Kier molecular flexibility index (Phi) is 4.41. The predicted octanol–water partition coefficient (Wildman–Crippen LogP) is 1.92. The minimum atomic E-state index is -0.693. The van der Waals surface area contributed by atoms with Crippen LogP contribution in [0.25, 0.3) is 0 Å². The van der Waals surface area contributed by atoms with E-state index in [4.69, 9.17) is 4.74 Å². The van der Waals surface area contributed by atoms with Crippen molar-refractivity contribution in [3.63, 3.8) is 0 Å². The number of imide groups is 1. The molecule has 8 heteroatoms. The van der Waals surface area contributed by atoms with Crippen LogP contribution in [0.3, 0.4) is 0 Å². The van der Waals surface area contributed by atoms with Gasteiger partial charge in [0.25, 0.3) is 11.8 Å². The second kappa shape index (κ2) is 6.88. The number of para-hydroxylation sites is 1. The Bertz CT molecular complexity index is 939. The van der Waals surface area contributed by atoms with Gasteiger partial charge in [0, 0.05) is 4.90 Å². The summed E-state index contributed by atoms with van der Waals surface area (Å²) < 4.78 is 5.11. The van der Waals surface area contributed by atoms with Crippen molar-refractivity contribution in [2.75, 3.05) is 23.9 Å². The third-order valence-corrected chi connectivity index (χ3v) is 5.38. The highest BCUT2D eigenvalue weighted by atomic mass is 32.2. The Labute approximate surface area is 158 Å². The maximum absolute atomic E-state index is 12.3. The molecule has 0 bridgehead atoms. The van der Waals surface area contributed by atoms with E-state index in [1.54, 1.807) is 36.4 Å².